The van der Waals surface area contributed by atoms with E-state index in [1.165, 1.54) is 54.9 Å². The van der Waals surface area contributed by atoms with E-state index in [9.17, 15) is 4.79 Å². The van der Waals surface area contributed by atoms with Gasteiger partial charge in [0.1, 0.15) is 0 Å². The summed E-state index contributed by atoms with van der Waals surface area (Å²) in [6.07, 6.45) is 8.39. The van der Waals surface area contributed by atoms with Gasteiger partial charge in [0.2, 0.25) is 0 Å². The molecule has 0 N–H and O–H groups in total. The number of rotatable bonds is 2. The molecule has 30 heavy (non-hydrogen) atoms. The molecule has 8 rings (SSSR count). The molecule has 4 aliphatic carbocycles. The van der Waals surface area contributed by atoms with Gasteiger partial charge in [-0.1, -0.05) is 54.2 Å². The number of nitrogens with zero attached hydrogens (tertiary/aromatic N) is 3. The third-order valence-electron chi connectivity index (χ3n) is 8.10. The number of aromatic nitrogens is 3. The Kier molecular flexibility index (Phi) is 3.62. The van der Waals surface area contributed by atoms with Crippen molar-refractivity contribution < 1.29 is 4.79 Å². The molecule has 0 saturated heterocycles. The molecule has 0 radical (unpaired) electrons. The first-order valence-electron chi connectivity index (χ1n) is 11.3. The summed E-state index contributed by atoms with van der Waals surface area (Å²) in [5, 5.41) is 8.21. The summed E-state index contributed by atoms with van der Waals surface area (Å²) in [5.41, 5.74) is 1.37. The Bertz CT molecular complexity index is 1140. The highest BCUT2D eigenvalue weighted by Gasteiger charge is 2.54. The highest BCUT2D eigenvalue weighted by molar-refractivity contribution is 7.99. The number of carbonyl (C=O) groups excluding carboxylic acids is 1. The fourth-order valence-corrected chi connectivity index (χ4v) is 8.46. The highest BCUT2D eigenvalue weighted by atomic mass is 32.2. The average Bonchev–Trinajstić information content (AvgIpc) is 3.18. The lowest BCUT2D eigenvalue weighted by molar-refractivity contribution is -0.00944. The molecule has 152 valence electrons. The van der Waals surface area contributed by atoms with Gasteiger partial charge in [-0.05, 0) is 72.6 Å². The fourth-order valence-electron chi connectivity index (χ4n) is 7.26. The van der Waals surface area contributed by atoms with Crippen molar-refractivity contribution in [2.75, 3.05) is 0 Å². The predicted octanol–water partition coefficient (Wildman–Crippen LogP) is 5.78. The van der Waals surface area contributed by atoms with Crippen molar-refractivity contribution in [1.82, 2.24) is 14.8 Å². The average molecular weight is 416 g/mol. The lowest BCUT2D eigenvalue weighted by atomic mass is 9.49. The molecule has 0 amide bonds. The molecular weight excluding hydrogens is 390 g/mol. The Morgan fingerprint density at radius 3 is 2.40 bits per heavy atom. The largest absolute Gasteiger partial charge is 0.272 e. The first-order chi connectivity index (χ1) is 14.7. The van der Waals surface area contributed by atoms with Crippen LogP contribution in [0.2, 0.25) is 0 Å². The van der Waals surface area contributed by atoms with Crippen molar-refractivity contribution in [1.29, 1.82) is 0 Å². The van der Waals surface area contributed by atoms with E-state index in [1.807, 2.05) is 0 Å². The number of fused-ring (bicyclic) bond motifs is 2. The van der Waals surface area contributed by atoms with Gasteiger partial charge in [0.15, 0.2) is 11.0 Å². The smallest absolute Gasteiger partial charge is 0.250 e. The molecule has 4 nitrogen and oxygen atoms in total. The Balaban J connectivity index is 1.26. The van der Waals surface area contributed by atoms with Gasteiger partial charge in [0.25, 0.3) is 5.91 Å². The first kappa shape index (κ1) is 17.5. The summed E-state index contributed by atoms with van der Waals surface area (Å²) in [4.78, 5) is 18.1. The van der Waals surface area contributed by atoms with Gasteiger partial charge >= 0.3 is 0 Å². The van der Waals surface area contributed by atoms with E-state index in [0.29, 0.717) is 6.42 Å². The lowest BCUT2D eigenvalue weighted by Crippen LogP contribution is -2.49. The maximum Gasteiger partial charge on any atom is 0.250 e. The summed E-state index contributed by atoms with van der Waals surface area (Å²) in [6, 6.07) is 14.9. The number of benzene rings is 2. The van der Waals surface area contributed by atoms with Crippen molar-refractivity contribution in [3.8, 4) is 0 Å². The van der Waals surface area contributed by atoms with Gasteiger partial charge in [-0.3, -0.25) is 4.79 Å². The Morgan fingerprint density at radius 2 is 1.63 bits per heavy atom. The molecule has 5 aliphatic rings. The first-order valence-corrected chi connectivity index (χ1v) is 12.2. The van der Waals surface area contributed by atoms with Gasteiger partial charge in [0.05, 0.1) is 0 Å². The third-order valence-corrected chi connectivity index (χ3v) is 9.28. The second-order valence-electron chi connectivity index (χ2n) is 10.1. The molecule has 4 bridgehead atoms. The van der Waals surface area contributed by atoms with Gasteiger partial charge in [0, 0.05) is 17.1 Å². The zero-order valence-electron chi connectivity index (χ0n) is 17.0. The normalized spacial score (nSPS) is 34.5. The van der Waals surface area contributed by atoms with Crippen LogP contribution < -0.4 is 0 Å². The monoisotopic (exact) mass is 415 g/mol. The molecule has 5 heteroatoms. The van der Waals surface area contributed by atoms with Crippen LogP contribution in [0.1, 0.15) is 66.4 Å². The van der Waals surface area contributed by atoms with E-state index in [0.717, 1.165) is 28.7 Å². The van der Waals surface area contributed by atoms with Gasteiger partial charge in [-0.2, -0.15) is 4.68 Å². The molecule has 2 heterocycles. The number of carbonyl (C=O) groups is 1. The number of thioether (sulfide) groups is 1. The minimum atomic E-state index is 0.0881. The molecule has 2 aromatic carbocycles. The van der Waals surface area contributed by atoms with Gasteiger partial charge in [-0.25, -0.2) is 4.98 Å². The summed E-state index contributed by atoms with van der Waals surface area (Å²) >= 11 is 1.72. The molecule has 0 unspecified atom stereocenters. The Labute approximate surface area is 180 Å². The molecule has 1 aromatic heterocycles. The highest BCUT2D eigenvalue weighted by Crippen LogP contribution is 2.60. The minimum absolute atomic E-state index is 0.0881. The van der Waals surface area contributed by atoms with E-state index < -0.39 is 0 Å². The van der Waals surface area contributed by atoms with Crippen molar-refractivity contribution in [3.63, 3.8) is 0 Å². The van der Waals surface area contributed by atoms with Crippen LogP contribution in [0.25, 0.3) is 10.8 Å². The third kappa shape index (κ3) is 2.51. The molecule has 0 spiro atoms. The quantitative estimate of drug-likeness (QED) is 0.533. The molecule has 4 fully saturated rings. The molecule has 4 saturated carbocycles. The Morgan fingerprint density at radius 1 is 0.933 bits per heavy atom. The van der Waals surface area contributed by atoms with Crippen LogP contribution in [-0.4, -0.2) is 20.7 Å². The van der Waals surface area contributed by atoms with Crippen LogP contribution in [0.4, 0.5) is 0 Å². The van der Waals surface area contributed by atoms with E-state index in [1.54, 1.807) is 16.4 Å². The summed E-state index contributed by atoms with van der Waals surface area (Å²) in [6.45, 7) is 0. The van der Waals surface area contributed by atoms with Crippen molar-refractivity contribution >= 4 is 28.4 Å². The SMILES string of the molecule is O=C1C[C@@H](c2cccc3ccccc23)Sc2nc(C34CC5CC(CC(C5)C3)C4)nn21. The van der Waals surface area contributed by atoms with Crippen LogP contribution in [0.5, 0.6) is 0 Å². The minimum Gasteiger partial charge on any atom is -0.272 e. The molecule has 3 aromatic rings. The van der Waals surface area contributed by atoms with Crippen molar-refractivity contribution in [3.05, 3.63) is 53.9 Å². The number of hydrogen-bond donors (Lipinski definition) is 0. The molecule has 1 aliphatic heterocycles. The zero-order valence-corrected chi connectivity index (χ0v) is 17.8. The van der Waals surface area contributed by atoms with Crippen molar-refractivity contribution in [2.24, 2.45) is 17.8 Å². The number of hydrogen-bond acceptors (Lipinski definition) is 4. The van der Waals surface area contributed by atoms with Crippen LogP contribution >= 0.6 is 11.8 Å². The van der Waals surface area contributed by atoms with E-state index in [2.05, 4.69) is 42.5 Å². The standard InChI is InChI=1S/C25H25N3OS/c29-22-11-21(20-7-3-5-18-4-1-2-6-19(18)20)30-24-26-23(27-28(22)24)25-12-15-8-16(13-25)10-17(9-15)14-25/h1-7,15-17,21H,8-14H2/t15?,16?,17?,21-,25?/m0/s1. The van der Waals surface area contributed by atoms with Crippen LogP contribution in [0.3, 0.4) is 0 Å². The maximum absolute atomic E-state index is 13.1. The maximum atomic E-state index is 13.1. The predicted molar refractivity (Wildman–Crippen MR) is 118 cm³/mol. The summed E-state index contributed by atoms with van der Waals surface area (Å²) < 4.78 is 1.63. The Hall–Kier alpha value is -2.14. The summed E-state index contributed by atoms with van der Waals surface area (Å²) in [7, 11) is 0. The summed E-state index contributed by atoms with van der Waals surface area (Å²) in [5.74, 6) is 3.61. The fraction of sp³-hybridized carbons (Fsp3) is 0.480. The molecule has 1 atom stereocenters. The topological polar surface area (TPSA) is 47.8 Å². The van der Waals surface area contributed by atoms with E-state index >= 15 is 0 Å². The zero-order chi connectivity index (χ0) is 19.9. The van der Waals surface area contributed by atoms with Gasteiger partial charge < -0.3 is 0 Å². The van der Waals surface area contributed by atoms with Crippen LogP contribution in [0, 0.1) is 17.8 Å². The van der Waals surface area contributed by atoms with E-state index in [-0.39, 0.29) is 16.6 Å². The second kappa shape index (κ2) is 6.19. The van der Waals surface area contributed by atoms with Gasteiger partial charge in [-0.15, -0.1) is 5.10 Å². The van der Waals surface area contributed by atoms with Crippen LogP contribution in [0.15, 0.2) is 47.6 Å². The van der Waals surface area contributed by atoms with Crippen molar-refractivity contribution in [2.45, 2.75) is 60.8 Å². The van der Waals surface area contributed by atoms with E-state index in [4.69, 9.17) is 10.1 Å². The lowest BCUT2D eigenvalue weighted by Gasteiger charge is -2.55. The molecular formula is C25H25N3OS. The van der Waals surface area contributed by atoms with Crippen LogP contribution in [-0.2, 0) is 5.41 Å². The second-order valence-corrected chi connectivity index (χ2v) is 11.3.